The highest BCUT2D eigenvalue weighted by atomic mass is 16.4. The summed E-state index contributed by atoms with van der Waals surface area (Å²) in [4.78, 5) is 137. The number of phenols is 2. The van der Waals surface area contributed by atoms with Gasteiger partial charge < -0.3 is 107 Å². The van der Waals surface area contributed by atoms with Crippen LogP contribution in [0.15, 0.2) is 140 Å². The van der Waals surface area contributed by atoms with E-state index in [4.69, 9.17) is 39.5 Å². The molecule has 0 bridgehead atoms. The minimum atomic E-state index is -1.54. The summed E-state index contributed by atoms with van der Waals surface area (Å²) in [7, 11) is 0. The molecule has 31 heteroatoms. The molecule has 7 rings (SSSR count). The Morgan fingerprint density at radius 2 is 0.692 bits per heavy atom. The Hall–Kier alpha value is -11.6. The molecule has 27 N–H and O–H groups in total. The van der Waals surface area contributed by atoms with Crippen molar-refractivity contribution in [1.29, 1.82) is 10.8 Å². The summed E-state index contributed by atoms with van der Waals surface area (Å²) >= 11 is 0. The Balaban J connectivity index is 1.18. The first-order valence-electron chi connectivity index (χ1n) is 34.7. The lowest BCUT2D eigenvalue weighted by atomic mass is 9.99. The van der Waals surface area contributed by atoms with Crippen molar-refractivity contribution in [2.24, 2.45) is 28.7 Å². The quantitative estimate of drug-likeness (QED) is 0.0142. The van der Waals surface area contributed by atoms with Crippen molar-refractivity contribution >= 4 is 87.0 Å². The van der Waals surface area contributed by atoms with Gasteiger partial charge in [0, 0.05) is 79.4 Å². The fourth-order valence-corrected chi connectivity index (χ4v) is 11.8. The molecule has 0 saturated heterocycles. The molecule has 0 fully saturated rings. The SMILES string of the molecule is N=C(N)NCCC[C@H](NC(=O)[C@@H](N)CCCNC(=N)N)C(=O)N[C@@H](Cc1ccccc1)C(=O)N[C@@H](CCCCN)C(=O)N[C@@H](CCCCN)C(=O)N[C@@H](Cc1c[nH]c2ccccc12)C(=O)N[C@@H](Cc1ccc(O)cc1)C(=O)N[C@@H](Cc1c[nH]c2ccccc12)C(=O)N[C@@H](Cc1ccc(O)cc1)C(=O)O. The van der Waals surface area contributed by atoms with Gasteiger partial charge in [0.05, 0.1) is 6.04 Å². The van der Waals surface area contributed by atoms with Crippen molar-refractivity contribution in [3.8, 4) is 11.5 Å². The number of carboxylic acids is 1. The lowest BCUT2D eigenvalue weighted by Gasteiger charge is -2.28. The summed E-state index contributed by atoms with van der Waals surface area (Å²) in [6.45, 7) is 0.846. The average Bonchev–Trinajstić information content (AvgIpc) is 1.65. The molecule has 9 atom stereocenters. The number of hydrogen-bond acceptors (Lipinski definition) is 16. The maximum atomic E-state index is 15.4. The number of carbonyl (C=O) groups is 9. The molecule has 0 aliphatic carbocycles. The van der Waals surface area contributed by atoms with Crippen LogP contribution in [-0.2, 0) is 75.3 Å². The number of guanidine groups is 2. The first-order valence-corrected chi connectivity index (χ1v) is 34.7. The molecule has 104 heavy (non-hydrogen) atoms. The Morgan fingerprint density at radius 3 is 1.09 bits per heavy atom. The summed E-state index contributed by atoms with van der Waals surface area (Å²) < 4.78 is 0. The van der Waals surface area contributed by atoms with Crippen LogP contribution in [0.25, 0.3) is 21.8 Å². The maximum absolute atomic E-state index is 15.4. The lowest BCUT2D eigenvalue weighted by Crippen LogP contribution is -2.61. The Kier molecular flexibility index (Phi) is 31.3. The van der Waals surface area contributed by atoms with E-state index in [1.165, 1.54) is 48.5 Å². The maximum Gasteiger partial charge on any atom is 0.326 e. The molecule has 0 spiro atoms. The second-order valence-electron chi connectivity index (χ2n) is 25.5. The minimum Gasteiger partial charge on any atom is -0.508 e. The molecule has 0 saturated carbocycles. The van der Waals surface area contributed by atoms with E-state index < -0.39 is 108 Å². The van der Waals surface area contributed by atoms with Gasteiger partial charge in [-0.15, -0.1) is 0 Å². The highest BCUT2D eigenvalue weighted by molar-refractivity contribution is 5.99. The van der Waals surface area contributed by atoms with Gasteiger partial charge in [-0.3, -0.25) is 49.2 Å². The Bertz CT molecular complexity index is 4020. The third-order valence-electron chi connectivity index (χ3n) is 17.5. The number of hydrogen-bond donors (Lipinski definition) is 22. The fourth-order valence-electron chi connectivity index (χ4n) is 11.8. The lowest BCUT2D eigenvalue weighted by molar-refractivity contribution is -0.142. The number of nitrogens with one attached hydrogen (secondary N) is 14. The normalized spacial score (nSPS) is 13.8. The van der Waals surface area contributed by atoms with Gasteiger partial charge in [0.15, 0.2) is 11.9 Å². The van der Waals surface area contributed by atoms with Gasteiger partial charge in [-0.25, -0.2) is 4.79 Å². The van der Waals surface area contributed by atoms with Crippen molar-refractivity contribution in [2.75, 3.05) is 26.2 Å². The second kappa shape index (κ2) is 40.8. The zero-order valence-electron chi connectivity index (χ0n) is 57.8. The number of aromatic amines is 2. The molecule has 2 heterocycles. The zero-order chi connectivity index (χ0) is 75.1. The fraction of sp³-hybridized carbons (Fsp3) is 0.384. The Morgan fingerprint density at radius 1 is 0.375 bits per heavy atom. The number of unbranched alkanes of at least 4 members (excludes halogenated alkanes) is 2. The molecule has 0 unspecified atom stereocenters. The van der Waals surface area contributed by atoms with Gasteiger partial charge in [-0.1, -0.05) is 91.0 Å². The van der Waals surface area contributed by atoms with Gasteiger partial charge in [-0.05, 0) is 142 Å². The molecule has 556 valence electrons. The monoisotopic (exact) mass is 1430 g/mol. The summed E-state index contributed by atoms with van der Waals surface area (Å²) in [6, 6.07) is 22.2. The van der Waals surface area contributed by atoms with E-state index in [-0.39, 0.29) is 114 Å². The number of aliphatic carboxylic acids is 1. The van der Waals surface area contributed by atoms with E-state index in [0.717, 1.165) is 0 Å². The number of benzene rings is 5. The first kappa shape index (κ1) is 79.8. The third kappa shape index (κ3) is 25.5. The van der Waals surface area contributed by atoms with Crippen molar-refractivity contribution in [1.82, 2.24) is 63.1 Å². The van der Waals surface area contributed by atoms with Crippen molar-refractivity contribution in [3.05, 3.63) is 168 Å². The number of aromatic hydroxyl groups is 2. The van der Waals surface area contributed by atoms with Crippen molar-refractivity contribution < 1.29 is 58.5 Å². The number of para-hydroxylation sites is 2. The van der Waals surface area contributed by atoms with Crippen LogP contribution in [0, 0.1) is 10.8 Å². The number of carbonyl (C=O) groups excluding carboxylic acids is 8. The Labute approximate surface area is 601 Å². The highest BCUT2D eigenvalue weighted by Crippen LogP contribution is 2.23. The van der Waals surface area contributed by atoms with E-state index in [0.29, 0.717) is 81.7 Å². The number of fused-ring (bicyclic) bond motifs is 2. The predicted octanol–water partition coefficient (Wildman–Crippen LogP) is 0.649. The van der Waals surface area contributed by atoms with E-state index >= 15 is 14.4 Å². The van der Waals surface area contributed by atoms with E-state index in [1.54, 1.807) is 54.9 Å². The summed E-state index contributed by atoms with van der Waals surface area (Å²) in [6.07, 6.45) is 4.57. The van der Waals surface area contributed by atoms with Crippen LogP contribution in [0.2, 0.25) is 0 Å². The van der Waals surface area contributed by atoms with Crippen LogP contribution in [0.1, 0.15) is 92.0 Å². The summed E-state index contributed by atoms with van der Waals surface area (Å²) in [5.74, 6) is -8.69. The number of aromatic nitrogens is 2. The molecule has 0 radical (unpaired) electrons. The van der Waals surface area contributed by atoms with Crippen LogP contribution in [-0.4, -0.2) is 171 Å². The number of H-pyrrole nitrogens is 2. The summed E-state index contributed by atoms with van der Waals surface area (Å²) in [5.41, 5.74) is 33.1. The topological polar surface area (TPSA) is 544 Å². The second-order valence-corrected chi connectivity index (χ2v) is 25.5. The molecular formula is C73H97N19O12. The molecular weight excluding hydrogens is 1330 g/mol. The molecule has 0 aliphatic rings. The van der Waals surface area contributed by atoms with Crippen LogP contribution < -0.4 is 81.8 Å². The smallest absolute Gasteiger partial charge is 0.326 e. The zero-order valence-corrected chi connectivity index (χ0v) is 57.8. The average molecular weight is 1430 g/mol. The van der Waals surface area contributed by atoms with Crippen LogP contribution in [0.4, 0.5) is 0 Å². The van der Waals surface area contributed by atoms with Crippen molar-refractivity contribution in [2.45, 2.75) is 151 Å². The number of nitrogens with two attached hydrogens (primary N) is 5. The van der Waals surface area contributed by atoms with Crippen molar-refractivity contribution in [3.63, 3.8) is 0 Å². The van der Waals surface area contributed by atoms with Crippen LogP contribution in [0.3, 0.4) is 0 Å². The molecule has 5 aromatic carbocycles. The number of carboxylic acid groups (broad SMARTS) is 1. The number of phenolic OH excluding ortho intramolecular Hbond substituents is 2. The van der Waals surface area contributed by atoms with Crippen LogP contribution in [0.5, 0.6) is 11.5 Å². The number of amides is 8. The molecule has 2 aromatic heterocycles. The highest BCUT2D eigenvalue weighted by Gasteiger charge is 2.36. The molecule has 31 nitrogen and oxygen atoms in total. The first-order chi connectivity index (χ1) is 50.0. The van der Waals surface area contributed by atoms with Gasteiger partial charge in [0.2, 0.25) is 47.3 Å². The third-order valence-corrected chi connectivity index (χ3v) is 17.5. The van der Waals surface area contributed by atoms with Crippen LogP contribution >= 0.6 is 0 Å². The largest absolute Gasteiger partial charge is 0.508 e. The molecule has 8 amide bonds. The standard InChI is InChI=1S/C73H97N19O12/c74-32-10-8-21-55(87-67(99)58(36-43-14-2-1-3-15-43)88-66(98)57(23-13-35-82-73(79)80)85-63(95)52(76)18-12-34-81-72(77)78)64(96)86-56(22-9-11-33-75)65(97)90-60(39-46-41-83-53-19-6-4-16-50(46)53)69(101)89-59(37-44-24-28-48(93)29-25-44)68(100)91-61(40-47-42-84-54-20-7-5-17-51(47)54)70(102)92-62(71(103)104)38-45-26-30-49(94)31-27-45/h1-7,14-17,19-20,24-31,41-42,52,55-62,83-84,93-94H,8-13,18,21-23,32-40,74-76H2,(H,85,95)(H,86,96)(H,87,99)(H,88,98)(H,89,101)(H,90,97)(H,91,100)(H,92,102)(H,103,104)(H4,77,78,81)(H4,79,80,82)/t52-,55-,56-,57-,58-,59-,60-,61-,62-/m0/s1. The van der Waals surface area contributed by atoms with Gasteiger partial charge in [-0.2, -0.15) is 0 Å². The van der Waals surface area contributed by atoms with Gasteiger partial charge in [0.25, 0.3) is 0 Å². The van der Waals surface area contributed by atoms with E-state index in [2.05, 4.69) is 63.1 Å². The predicted molar refractivity (Wildman–Crippen MR) is 393 cm³/mol. The van der Waals surface area contributed by atoms with E-state index in [9.17, 15) is 44.1 Å². The van der Waals surface area contributed by atoms with Gasteiger partial charge in [0.1, 0.15) is 59.8 Å². The minimum absolute atomic E-state index is 0.000104. The molecule has 0 aliphatic heterocycles. The van der Waals surface area contributed by atoms with E-state index in [1.807, 2.05) is 36.4 Å². The van der Waals surface area contributed by atoms with Gasteiger partial charge >= 0.3 is 5.97 Å². The molecule has 7 aromatic rings. The summed E-state index contributed by atoms with van der Waals surface area (Å²) in [5, 5.41) is 74.6. The number of rotatable bonds is 43.